The number of esters is 1. The second-order valence-corrected chi connectivity index (χ2v) is 2.10. The van der Waals surface area contributed by atoms with Crippen molar-refractivity contribution in [3.8, 4) is 0 Å². The van der Waals surface area contributed by atoms with E-state index in [1.165, 1.54) is 7.11 Å². The van der Waals surface area contributed by atoms with Gasteiger partial charge in [-0.3, -0.25) is 0 Å². The number of rotatable bonds is 1. The lowest BCUT2D eigenvalue weighted by atomic mass is 9.95. The van der Waals surface area contributed by atoms with Crippen LogP contribution in [0.3, 0.4) is 0 Å². The van der Waals surface area contributed by atoms with Gasteiger partial charge in [-0.15, -0.1) is 0 Å². The number of ether oxygens (including phenoxy) is 1. The van der Waals surface area contributed by atoms with Gasteiger partial charge in [0.1, 0.15) is 0 Å². The second kappa shape index (κ2) is 2.04. The third-order valence-electron chi connectivity index (χ3n) is 1.26. The maximum atomic E-state index is 12.0. The van der Waals surface area contributed by atoms with E-state index in [0.717, 1.165) is 0 Å². The Labute approximate surface area is 56.5 Å². The van der Waals surface area contributed by atoms with E-state index in [1.807, 2.05) is 0 Å². The van der Waals surface area contributed by atoms with Crippen molar-refractivity contribution in [3.05, 3.63) is 11.6 Å². The Morgan fingerprint density at radius 3 is 2.60 bits per heavy atom. The lowest BCUT2D eigenvalue weighted by Gasteiger charge is -2.22. The summed E-state index contributed by atoms with van der Waals surface area (Å²) in [5.74, 6) is -3.45. The molecule has 0 N–H and O–H groups in total. The maximum Gasteiger partial charge on any atom is 0.333 e. The molecule has 0 fully saturated rings. The van der Waals surface area contributed by atoms with Gasteiger partial charge in [-0.25, -0.2) is 13.6 Å². The first kappa shape index (κ1) is 7.18. The molecule has 0 radical (unpaired) electrons. The summed E-state index contributed by atoms with van der Waals surface area (Å²) in [5.41, 5.74) is 0.0625. The Morgan fingerprint density at radius 1 is 1.80 bits per heavy atom. The van der Waals surface area contributed by atoms with Crippen molar-refractivity contribution >= 4 is 5.97 Å². The highest BCUT2D eigenvalue weighted by molar-refractivity contribution is 5.90. The van der Waals surface area contributed by atoms with Gasteiger partial charge in [-0.1, -0.05) is 0 Å². The zero-order valence-corrected chi connectivity index (χ0v) is 5.36. The van der Waals surface area contributed by atoms with E-state index in [4.69, 9.17) is 0 Å². The summed E-state index contributed by atoms with van der Waals surface area (Å²) in [6, 6.07) is 0. The minimum Gasteiger partial charge on any atom is -0.466 e. The van der Waals surface area contributed by atoms with Crippen molar-refractivity contribution in [3.63, 3.8) is 0 Å². The van der Waals surface area contributed by atoms with Gasteiger partial charge in [-0.2, -0.15) is 0 Å². The van der Waals surface area contributed by atoms with Crippen LogP contribution < -0.4 is 0 Å². The number of alkyl halides is 2. The summed E-state index contributed by atoms with van der Waals surface area (Å²) in [4.78, 5) is 10.5. The molecule has 0 spiro atoms. The minimum atomic E-state index is -2.79. The predicted octanol–water partition coefficient (Wildman–Crippen LogP) is 1.12. The molecule has 0 bridgehead atoms. The Morgan fingerprint density at radius 2 is 2.30 bits per heavy atom. The minimum absolute atomic E-state index is 0.0625. The van der Waals surface area contributed by atoms with Gasteiger partial charge in [0.2, 0.25) is 0 Å². The van der Waals surface area contributed by atoms with Crippen molar-refractivity contribution in [2.24, 2.45) is 0 Å². The molecule has 0 aromatic heterocycles. The molecular weight excluding hydrogens is 142 g/mol. The van der Waals surface area contributed by atoms with Crippen LogP contribution in [0.4, 0.5) is 8.78 Å². The van der Waals surface area contributed by atoms with Gasteiger partial charge in [0.05, 0.1) is 7.11 Å². The van der Waals surface area contributed by atoms with Crippen LogP contribution in [-0.4, -0.2) is 19.0 Å². The molecular formula is C6H6F2O2. The molecule has 0 saturated heterocycles. The molecule has 0 aromatic rings. The molecule has 0 aromatic carbocycles. The number of hydrogen-bond donors (Lipinski definition) is 0. The molecule has 0 atom stereocenters. The van der Waals surface area contributed by atoms with Crippen LogP contribution in [0.5, 0.6) is 0 Å². The molecule has 0 unspecified atom stereocenters. The molecule has 1 aliphatic carbocycles. The highest BCUT2D eigenvalue weighted by Crippen LogP contribution is 2.35. The number of allylic oxidation sites excluding steroid dienone is 1. The average Bonchev–Trinajstić information content (AvgIpc) is 1.81. The molecule has 1 rings (SSSR count). The van der Waals surface area contributed by atoms with Crippen LogP contribution in [-0.2, 0) is 9.53 Å². The Balaban J connectivity index is 2.58. The fraction of sp³-hybridized carbons (Fsp3) is 0.500. The van der Waals surface area contributed by atoms with Gasteiger partial charge in [-0.05, 0) is 6.08 Å². The van der Waals surface area contributed by atoms with Crippen molar-refractivity contribution in [1.82, 2.24) is 0 Å². The lowest BCUT2D eigenvalue weighted by Crippen LogP contribution is -2.28. The van der Waals surface area contributed by atoms with Crippen LogP contribution >= 0.6 is 0 Å². The van der Waals surface area contributed by atoms with Crippen LogP contribution in [0.15, 0.2) is 11.6 Å². The molecule has 10 heavy (non-hydrogen) atoms. The molecule has 1 aliphatic rings. The smallest absolute Gasteiger partial charge is 0.333 e. The quantitative estimate of drug-likeness (QED) is 0.521. The third kappa shape index (κ3) is 1.15. The van der Waals surface area contributed by atoms with E-state index in [0.29, 0.717) is 6.08 Å². The molecule has 4 heteroatoms. The number of halogens is 2. The first-order valence-electron chi connectivity index (χ1n) is 2.73. The molecule has 0 saturated carbocycles. The Kier molecular flexibility index (Phi) is 1.46. The second-order valence-electron chi connectivity index (χ2n) is 2.10. The number of methoxy groups -OCH3 is 1. The van der Waals surface area contributed by atoms with Crippen molar-refractivity contribution < 1.29 is 18.3 Å². The van der Waals surface area contributed by atoms with Crippen LogP contribution in [0.25, 0.3) is 0 Å². The molecule has 2 nitrogen and oxygen atoms in total. The van der Waals surface area contributed by atoms with Crippen molar-refractivity contribution in [1.29, 1.82) is 0 Å². The molecule has 0 heterocycles. The summed E-state index contributed by atoms with van der Waals surface area (Å²) in [7, 11) is 1.17. The van der Waals surface area contributed by atoms with E-state index >= 15 is 0 Å². The lowest BCUT2D eigenvalue weighted by molar-refractivity contribution is -0.138. The normalized spacial score (nSPS) is 20.9. The fourth-order valence-electron chi connectivity index (χ4n) is 0.742. The standard InChI is InChI=1S/C6H6F2O2/c1-10-5(9)4-2-6(7,8)3-4/h2H,3H2,1H3. The molecule has 0 aliphatic heterocycles. The van der Waals surface area contributed by atoms with Crippen LogP contribution in [0.2, 0.25) is 0 Å². The summed E-state index contributed by atoms with van der Waals surface area (Å²) < 4.78 is 28.2. The van der Waals surface area contributed by atoms with E-state index in [2.05, 4.69) is 4.74 Å². The van der Waals surface area contributed by atoms with Gasteiger partial charge in [0.25, 0.3) is 5.92 Å². The van der Waals surface area contributed by atoms with Gasteiger partial charge in [0.15, 0.2) is 0 Å². The van der Waals surface area contributed by atoms with Gasteiger partial charge < -0.3 is 4.74 Å². The van der Waals surface area contributed by atoms with Crippen molar-refractivity contribution in [2.75, 3.05) is 7.11 Å². The zero-order valence-electron chi connectivity index (χ0n) is 5.36. The van der Waals surface area contributed by atoms with E-state index < -0.39 is 18.3 Å². The summed E-state index contributed by atoms with van der Waals surface area (Å²) in [5, 5.41) is 0. The van der Waals surface area contributed by atoms with E-state index in [-0.39, 0.29) is 5.57 Å². The maximum absolute atomic E-state index is 12.0. The largest absolute Gasteiger partial charge is 0.466 e. The summed E-state index contributed by atoms with van der Waals surface area (Å²) in [6.45, 7) is 0. The van der Waals surface area contributed by atoms with Crippen LogP contribution in [0.1, 0.15) is 6.42 Å². The monoisotopic (exact) mass is 148 g/mol. The summed E-state index contributed by atoms with van der Waals surface area (Å²) in [6.07, 6.45) is 0.137. The van der Waals surface area contributed by atoms with Crippen LogP contribution in [0, 0.1) is 0 Å². The van der Waals surface area contributed by atoms with Crippen molar-refractivity contribution in [2.45, 2.75) is 12.3 Å². The highest BCUT2D eigenvalue weighted by atomic mass is 19.3. The predicted molar refractivity (Wildman–Crippen MR) is 29.7 cm³/mol. The van der Waals surface area contributed by atoms with E-state index in [1.54, 1.807) is 0 Å². The first-order chi connectivity index (χ1) is 4.55. The SMILES string of the molecule is COC(=O)C1=CC(F)(F)C1. The molecule has 56 valence electrons. The highest BCUT2D eigenvalue weighted by Gasteiger charge is 2.40. The fourth-order valence-corrected chi connectivity index (χ4v) is 0.742. The zero-order chi connectivity index (χ0) is 7.78. The number of hydrogen-bond acceptors (Lipinski definition) is 2. The average molecular weight is 148 g/mol. The molecule has 0 amide bonds. The summed E-state index contributed by atoms with van der Waals surface area (Å²) >= 11 is 0. The van der Waals surface area contributed by atoms with E-state index in [9.17, 15) is 13.6 Å². The first-order valence-corrected chi connectivity index (χ1v) is 2.73. The Hall–Kier alpha value is -0.930. The van der Waals surface area contributed by atoms with Gasteiger partial charge in [0, 0.05) is 12.0 Å². The van der Waals surface area contributed by atoms with Gasteiger partial charge >= 0.3 is 5.97 Å². The Bertz CT molecular complexity index is 196. The number of carbonyl (C=O) groups excluding carboxylic acids is 1. The third-order valence-corrected chi connectivity index (χ3v) is 1.26. The number of carbonyl (C=O) groups is 1. The topological polar surface area (TPSA) is 26.3 Å².